The molecule has 0 aliphatic carbocycles. The number of hydrogen-bond acceptors (Lipinski definition) is 1. The SMILES string of the molecule is c1ccc(-c2cccc(-c3cc(-c4cccc(-c5ccccc5)c4)cc(-c4cccc5c4oc4ccccc45)c3)c2)cc1. The molecular weight excluding hydrogens is 520 g/mol. The maximum Gasteiger partial charge on any atom is 0.143 e. The highest BCUT2D eigenvalue weighted by Crippen LogP contribution is 2.40. The quantitative estimate of drug-likeness (QED) is 0.208. The van der Waals surface area contributed by atoms with Crippen molar-refractivity contribution in [1.29, 1.82) is 0 Å². The van der Waals surface area contributed by atoms with E-state index in [0.717, 1.165) is 33.1 Å². The zero-order valence-electron chi connectivity index (χ0n) is 23.6. The zero-order chi connectivity index (χ0) is 28.6. The molecule has 7 aromatic carbocycles. The van der Waals surface area contributed by atoms with E-state index in [1.54, 1.807) is 0 Å². The minimum atomic E-state index is 0.910. The van der Waals surface area contributed by atoms with Crippen LogP contribution < -0.4 is 0 Å². The smallest absolute Gasteiger partial charge is 0.143 e. The molecule has 1 nitrogen and oxygen atoms in total. The van der Waals surface area contributed by atoms with E-state index in [4.69, 9.17) is 4.42 Å². The molecule has 0 bridgehead atoms. The van der Waals surface area contributed by atoms with Gasteiger partial charge in [-0.25, -0.2) is 0 Å². The lowest BCUT2D eigenvalue weighted by atomic mass is 9.91. The second-order valence-electron chi connectivity index (χ2n) is 11.0. The molecule has 1 heterocycles. The Morgan fingerprint density at radius 1 is 0.279 bits per heavy atom. The highest BCUT2D eigenvalue weighted by molar-refractivity contribution is 6.09. The van der Waals surface area contributed by atoms with Crippen molar-refractivity contribution in [2.24, 2.45) is 0 Å². The molecule has 0 aliphatic heterocycles. The molecule has 0 radical (unpaired) electrons. The molecule has 43 heavy (non-hydrogen) atoms. The maximum atomic E-state index is 6.48. The van der Waals surface area contributed by atoms with Gasteiger partial charge in [0.1, 0.15) is 11.2 Å². The lowest BCUT2D eigenvalue weighted by Gasteiger charge is -2.13. The predicted octanol–water partition coefficient (Wildman–Crippen LogP) is 11.9. The van der Waals surface area contributed by atoms with Gasteiger partial charge in [0.15, 0.2) is 0 Å². The lowest BCUT2D eigenvalue weighted by Crippen LogP contribution is -1.88. The molecule has 0 saturated carbocycles. The summed E-state index contributed by atoms with van der Waals surface area (Å²) in [6.45, 7) is 0. The van der Waals surface area contributed by atoms with E-state index in [1.165, 1.54) is 44.5 Å². The number of para-hydroxylation sites is 2. The van der Waals surface area contributed by atoms with E-state index >= 15 is 0 Å². The van der Waals surface area contributed by atoms with Crippen molar-refractivity contribution in [3.8, 4) is 55.6 Å². The van der Waals surface area contributed by atoms with Crippen LogP contribution in [0.3, 0.4) is 0 Å². The molecule has 0 amide bonds. The van der Waals surface area contributed by atoms with Crippen LogP contribution >= 0.6 is 0 Å². The number of rotatable bonds is 5. The maximum absolute atomic E-state index is 6.48. The normalized spacial score (nSPS) is 11.3. The number of benzene rings is 7. The second-order valence-corrected chi connectivity index (χ2v) is 11.0. The van der Waals surface area contributed by atoms with Gasteiger partial charge in [0.2, 0.25) is 0 Å². The Kier molecular flexibility index (Phi) is 6.20. The summed E-state index contributed by atoms with van der Waals surface area (Å²) < 4.78 is 6.48. The standard InChI is InChI=1S/C42H28O/c1-3-12-29(13-4-1)31-16-9-18-33(24-31)35-26-36(34-19-10-17-32(25-34)30-14-5-2-6-15-30)28-37(27-35)38-21-11-22-40-39-20-7-8-23-41(39)43-42(38)40/h1-28H. The summed E-state index contributed by atoms with van der Waals surface area (Å²) >= 11 is 0. The first kappa shape index (κ1) is 25.1. The number of hydrogen-bond donors (Lipinski definition) is 0. The Hall–Kier alpha value is -5.66. The minimum Gasteiger partial charge on any atom is -0.455 e. The third kappa shape index (κ3) is 4.71. The predicted molar refractivity (Wildman–Crippen MR) is 181 cm³/mol. The summed E-state index contributed by atoms with van der Waals surface area (Å²) in [6, 6.07) is 60.5. The monoisotopic (exact) mass is 548 g/mol. The Bertz CT molecular complexity index is 2120. The van der Waals surface area contributed by atoms with Crippen LogP contribution in [0.15, 0.2) is 174 Å². The van der Waals surface area contributed by atoms with Gasteiger partial charge in [0.05, 0.1) is 0 Å². The average Bonchev–Trinajstić information content (AvgIpc) is 3.48. The Labute approximate surface area is 251 Å². The van der Waals surface area contributed by atoms with Crippen LogP contribution in [0.1, 0.15) is 0 Å². The summed E-state index contributed by atoms with van der Waals surface area (Å²) in [5.41, 5.74) is 13.6. The van der Waals surface area contributed by atoms with Crippen LogP contribution in [-0.4, -0.2) is 0 Å². The molecule has 0 saturated heterocycles. The van der Waals surface area contributed by atoms with Gasteiger partial charge in [-0.3, -0.25) is 0 Å². The number of furan rings is 1. The first-order chi connectivity index (χ1) is 21.3. The fourth-order valence-electron chi connectivity index (χ4n) is 6.11. The van der Waals surface area contributed by atoms with Crippen LogP contribution in [0.25, 0.3) is 77.6 Å². The largest absolute Gasteiger partial charge is 0.455 e. The van der Waals surface area contributed by atoms with Crippen molar-refractivity contribution >= 4 is 21.9 Å². The van der Waals surface area contributed by atoms with E-state index in [2.05, 4.69) is 158 Å². The minimum absolute atomic E-state index is 0.910. The fraction of sp³-hybridized carbons (Fsp3) is 0. The van der Waals surface area contributed by atoms with Gasteiger partial charge in [-0.1, -0.05) is 133 Å². The summed E-state index contributed by atoms with van der Waals surface area (Å²) in [7, 11) is 0. The first-order valence-corrected chi connectivity index (χ1v) is 14.7. The van der Waals surface area contributed by atoms with Gasteiger partial charge in [-0.2, -0.15) is 0 Å². The van der Waals surface area contributed by atoms with E-state index in [9.17, 15) is 0 Å². The topological polar surface area (TPSA) is 13.1 Å². The Morgan fingerprint density at radius 3 is 1.30 bits per heavy atom. The fourth-order valence-corrected chi connectivity index (χ4v) is 6.11. The van der Waals surface area contributed by atoms with Crippen LogP contribution in [0, 0.1) is 0 Å². The van der Waals surface area contributed by atoms with Crippen LogP contribution in [0.2, 0.25) is 0 Å². The van der Waals surface area contributed by atoms with E-state index in [1.807, 2.05) is 12.1 Å². The molecular formula is C42H28O. The lowest BCUT2D eigenvalue weighted by molar-refractivity contribution is 0.670. The van der Waals surface area contributed by atoms with E-state index in [-0.39, 0.29) is 0 Å². The van der Waals surface area contributed by atoms with Crippen molar-refractivity contribution < 1.29 is 4.42 Å². The average molecular weight is 549 g/mol. The van der Waals surface area contributed by atoms with E-state index < -0.39 is 0 Å². The third-order valence-electron chi connectivity index (χ3n) is 8.25. The first-order valence-electron chi connectivity index (χ1n) is 14.7. The molecule has 0 spiro atoms. The molecule has 0 unspecified atom stereocenters. The summed E-state index contributed by atoms with van der Waals surface area (Å²) in [5, 5.41) is 2.28. The van der Waals surface area contributed by atoms with Gasteiger partial charge in [0.25, 0.3) is 0 Å². The molecule has 0 aliphatic rings. The zero-order valence-corrected chi connectivity index (χ0v) is 23.6. The molecule has 1 heteroatoms. The van der Waals surface area contributed by atoms with Gasteiger partial charge in [-0.05, 0) is 86.5 Å². The van der Waals surface area contributed by atoms with Crippen LogP contribution in [-0.2, 0) is 0 Å². The van der Waals surface area contributed by atoms with Crippen molar-refractivity contribution in [2.45, 2.75) is 0 Å². The van der Waals surface area contributed by atoms with Crippen LogP contribution in [0.5, 0.6) is 0 Å². The highest BCUT2D eigenvalue weighted by Gasteiger charge is 2.15. The van der Waals surface area contributed by atoms with Crippen molar-refractivity contribution in [3.05, 3.63) is 170 Å². The van der Waals surface area contributed by atoms with Gasteiger partial charge < -0.3 is 4.42 Å². The number of fused-ring (bicyclic) bond motifs is 3. The molecule has 8 aromatic rings. The van der Waals surface area contributed by atoms with Crippen molar-refractivity contribution in [2.75, 3.05) is 0 Å². The molecule has 0 atom stereocenters. The van der Waals surface area contributed by atoms with Gasteiger partial charge >= 0.3 is 0 Å². The molecule has 8 rings (SSSR count). The van der Waals surface area contributed by atoms with E-state index in [0.29, 0.717) is 0 Å². The molecule has 1 aromatic heterocycles. The molecule has 202 valence electrons. The molecule has 0 N–H and O–H groups in total. The Morgan fingerprint density at radius 2 is 0.698 bits per heavy atom. The van der Waals surface area contributed by atoms with Crippen molar-refractivity contribution in [1.82, 2.24) is 0 Å². The second kappa shape index (κ2) is 10.6. The Balaban J connectivity index is 1.34. The third-order valence-corrected chi connectivity index (χ3v) is 8.25. The summed E-state index contributed by atoms with van der Waals surface area (Å²) in [6.07, 6.45) is 0. The van der Waals surface area contributed by atoms with Crippen LogP contribution in [0.4, 0.5) is 0 Å². The van der Waals surface area contributed by atoms with Crippen molar-refractivity contribution in [3.63, 3.8) is 0 Å². The van der Waals surface area contributed by atoms with Gasteiger partial charge in [0, 0.05) is 16.3 Å². The van der Waals surface area contributed by atoms with Gasteiger partial charge in [-0.15, -0.1) is 0 Å². The summed E-state index contributed by atoms with van der Waals surface area (Å²) in [4.78, 5) is 0. The summed E-state index contributed by atoms with van der Waals surface area (Å²) in [5.74, 6) is 0. The molecule has 0 fully saturated rings. The highest BCUT2D eigenvalue weighted by atomic mass is 16.3.